The summed E-state index contributed by atoms with van der Waals surface area (Å²) in [7, 11) is 0. The molecule has 4 aliphatic carbocycles. The third kappa shape index (κ3) is 3.18. The van der Waals surface area contributed by atoms with Crippen LogP contribution in [0.25, 0.3) is 0 Å². The van der Waals surface area contributed by atoms with Crippen LogP contribution in [0.1, 0.15) is 59.3 Å². The first-order valence-electron chi connectivity index (χ1n) is 10.1. The second-order valence-electron chi connectivity index (χ2n) is 10.8. The summed E-state index contributed by atoms with van der Waals surface area (Å²) in [4.78, 5) is 17.2. The average molecular weight is 350 g/mol. The highest BCUT2D eigenvalue weighted by molar-refractivity contribution is 5.75. The van der Waals surface area contributed by atoms with E-state index < -0.39 is 0 Å². The molecule has 2 N–H and O–H groups in total. The van der Waals surface area contributed by atoms with Crippen LogP contribution in [-0.4, -0.2) is 65.8 Å². The van der Waals surface area contributed by atoms with E-state index in [1.54, 1.807) is 0 Å². The van der Waals surface area contributed by atoms with Crippen molar-refractivity contribution in [2.75, 3.05) is 39.3 Å². The number of amides is 2. The van der Waals surface area contributed by atoms with Crippen LogP contribution in [0.15, 0.2) is 0 Å². The molecule has 4 saturated carbocycles. The maximum atomic E-state index is 13.0. The Labute approximate surface area is 152 Å². The molecule has 5 fully saturated rings. The van der Waals surface area contributed by atoms with Gasteiger partial charge >= 0.3 is 6.03 Å². The highest BCUT2D eigenvalue weighted by Gasteiger charge is 2.64. The Bertz CT molecular complexity index is 502. The van der Waals surface area contributed by atoms with Crippen molar-refractivity contribution >= 4 is 6.03 Å². The first-order chi connectivity index (χ1) is 11.7. The summed E-state index contributed by atoms with van der Waals surface area (Å²) >= 11 is 0. The largest absolute Gasteiger partial charge is 0.395 e. The van der Waals surface area contributed by atoms with Gasteiger partial charge < -0.3 is 15.3 Å². The molecule has 25 heavy (non-hydrogen) atoms. The monoisotopic (exact) mass is 349 g/mol. The number of aliphatic hydroxyl groups excluding tert-OH is 1. The standard InChI is InChI=1S/C20H35N3O2/c1-17-10-18(2)12-19(3,11-17)15-20(13-17,14-18)21-16(25)23-6-4-22(5-7-23)8-9-24/h24H,4-15H2,1-3H3,(H,21,25). The second kappa shape index (κ2) is 5.59. The van der Waals surface area contributed by atoms with Crippen LogP contribution in [-0.2, 0) is 0 Å². The van der Waals surface area contributed by atoms with Gasteiger partial charge in [0, 0.05) is 38.3 Å². The van der Waals surface area contributed by atoms with Crippen LogP contribution < -0.4 is 5.32 Å². The Kier molecular flexibility index (Phi) is 3.94. The predicted octanol–water partition coefficient (Wildman–Crippen LogP) is 2.45. The van der Waals surface area contributed by atoms with Gasteiger partial charge in [-0.25, -0.2) is 4.79 Å². The van der Waals surface area contributed by atoms with Crippen molar-refractivity contribution in [3.05, 3.63) is 0 Å². The summed E-state index contributed by atoms with van der Waals surface area (Å²) in [6, 6.07) is 0.140. The van der Waals surface area contributed by atoms with Crippen molar-refractivity contribution in [2.24, 2.45) is 16.2 Å². The molecule has 1 saturated heterocycles. The molecule has 4 bridgehead atoms. The van der Waals surface area contributed by atoms with E-state index >= 15 is 0 Å². The molecule has 0 aromatic carbocycles. The van der Waals surface area contributed by atoms with Gasteiger partial charge in [0.1, 0.15) is 0 Å². The zero-order chi connectivity index (χ0) is 17.9. The molecule has 1 aliphatic heterocycles. The molecule has 0 spiro atoms. The number of carbonyl (C=O) groups excluding carboxylic acids is 1. The Morgan fingerprint density at radius 1 is 0.880 bits per heavy atom. The lowest BCUT2D eigenvalue weighted by Crippen LogP contribution is -2.69. The SMILES string of the molecule is CC12CC3(C)CC(C)(C1)CC(NC(=O)N1CCN(CCO)CC1)(C2)C3. The summed E-state index contributed by atoms with van der Waals surface area (Å²) in [5.41, 5.74) is 1.19. The number of rotatable bonds is 3. The molecule has 5 heteroatoms. The number of aliphatic hydroxyl groups is 1. The quantitative estimate of drug-likeness (QED) is 0.823. The molecule has 142 valence electrons. The van der Waals surface area contributed by atoms with E-state index in [1.807, 2.05) is 4.90 Å². The lowest BCUT2D eigenvalue weighted by atomic mass is 9.38. The highest BCUT2D eigenvalue weighted by atomic mass is 16.3. The Morgan fingerprint density at radius 2 is 1.36 bits per heavy atom. The Balaban J connectivity index is 1.45. The molecule has 0 aromatic rings. The second-order valence-corrected chi connectivity index (χ2v) is 10.8. The molecule has 5 aliphatic rings. The van der Waals surface area contributed by atoms with Gasteiger partial charge in [0.05, 0.1) is 6.61 Å². The van der Waals surface area contributed by atoms with Crippen LogP contribution in [0.5, 0.6) is 0 Å². The van der Waals surface area contributed by atoms with Crippen LogP contribution in [0.3, 0.4) is 0 Å². The van der Waals surface area contributed by atoms with Crippen molar-refractivity contribution in [3.8, 4) is 0 Å². The van der Waals surface area contributed by atoms with E-state index in [4.69, 9.17) is 5.11 Å². The van der Waals surface area contributed by atoms with Crippen molar-refractivity contribution in [1.82, 2.24) is 15.1 Å². The fraction of sp³-hybridized carbons (Fsp3) is 0.950. The number of nitrogens with one attached hydrogen (secondary N) is 1. The summed E-state index contributed by atoms with van der Waals surface area (Å²) < 4.78 is 0. The number of nitrogens with zero attached hydrogens (tertiary/aromatic N) is 2. The molecular weight excluding hydrogens is 314 g/mol. The molecule has 0 unspecified atom stereocenters. The third-order valence-corrected chi connectivity index (χ3v) is 7.30. The van der Waals surface area contributed by atoms with Crippen LogP contribution in [0.4, 0.5) is 4.79 Å². The lowest BCUT2D eigenvalue weighted by molar-refractivity contribution is -0.155. The molecule has 0 atom stereocenters. The van der Waals surface area contributed by atoms with Crippen molar-refractivity contribution in [3.63, 3.8) is 0 Å². The van der Waals surface area contributed by atoms with Crippen molar-refractivity contribution in [2.45, 2.75) is 64.8 Å². The van der Waals surface area contributed by atoms with Gasteiger partial charge in [-0.05, 0) is 54.8 Å². The maximum absolute atomic E-state index is 13.0. The van der Waals surface area contributed by atoms with Crippen LogP contribution >= 0.6 is 0 Å². The number of carbonyl (C=O) groups is 1. The molecular formula is C20H35N3O2. The maximum Gasteiger partial charge on any atom is 0.317 e. The van der Waals surface area contributed by atoms with Gasteiger partial charge in [-0.2, -0.15) is 0 Å². The van der Waals surface area contributed by atoms with E-state index in [-0.39, 0.29) is 18.2 Å². The summed E-state index contributed by atoms with van der Waals surface area (Å²) in [5, 5.41) is 12.6. The molecule has 0 radical (unpaired) electrons. The van der Waals surface area contributed by atoms with E-state index in [2.05, 4.69) is 31.0 Å². The lowest BCUT2D eigenvalue weighted by Gasteiger charge is -2.69. The minimum atomic E-state index is 0.00627. The number of β-amino-alcohol motifs (C(OH)–C–C–N with tert-alkyl or cyclic N) is 1. The zero-order valence-corrected chi connectivity index (χ0v) is 16.2. The van der Waals surface area contributed by atoms with E-state index in [1.165, 1.54) is 19.3 Å². The number of hydrogen-bond acceptors (Lipinski definition) is 3. The minimum absolute atomic E-state index is 0.00627. The average Bonchev–Trinajstić information content (AvgIpc) is 2.42. The van der Waals surface area contributed by atoms with Gasteiger partial charge in [0.25, 0.3) is 0 Å². The minimum Gasteiger partial charge on any atom is -0.395 e. The van der Waals surface area contributed by atoms with Gasteiger partial charge in [0.15, 0.2) is 0 Å². The highest BCUT2D eigenvalue weighted by Crippen LogP contribution is 2.70. The third-order valence-electron chi connectivity index (χ3n) is 7.30. The van der Waals surface area contributed by atoms with E-state index in [9.17, 15) is 4.79 Å². The number of piperazine rings is 1. The van der Waals surface area contributed by atoms with Crippen LogP contribution in [0.2, 0.25) is 0 Å². The van der Waals surface area contributed by atoms with Gasteiger partial charge in [-0.1, -0.05) is 20.8 Å². The summed E-state index contributed by atoms with van der Waals surface area (Å²) in [6.07, 6.45) is 7.44. The smallest absolute Gasteiger partial charge is 0.317 e. The molecule has 0 aromatic heterocycles. The first-order valence-corrected chi connectivity index (χ1v) is 10.1. The molecule has 2 amide bonds. The predicted molar refractivity (Wildman–Crippen MR) is 98.4 cm³/mol. The fourth-order valence-corrected chi connectivity index (χ4v) is 8.05. The van der Waals surface area contributed by atoms with Crippen LogP contribution in [0, 0.1) is 16.2 Å². The van der Waals surface area contributed by atoms with E-state index in [0.717, 1.165) is 45.4 Å². The molecule has 5 nitrogen and oxygen atoms in total. The number of urea groups is 1. The first kappa shape index (κ1) is 17.6. The Hall–Kier alpha value is -0.810. The number of hydrogen-bond donors (Lipinski definition) is 2. The van der Waals surface area contributed by atoms with Gasteiger partial charge in [0.2, 0.25) is 0 Å². The van der Waals surface area contributed by atoms with E-state index in [0.29, 0.717) is 22.8 Å². The molecule has 5 rings (SSSR count). The normalized spacial score (nSPS) is 46.5. The molecule has 1 heterocycles. The van der Waals surface area contributed by atoms with Crippen molar-refractivity contribution < 1.29 is 9.90 Å². The van der Waals surface area contributed by atoms with Crippen molar-refractivity contribution in [1.29, 1.82) is 0 Å². The van der Waals surface area contributed by atoms with Gasteiger partial charge in [-0.3, -0.25) is 4.90 Å². The summed E-state index contributed by atoms with van der Waals surface area (Å²) in [6.45, 7) is 11.6. The Morgan fingerprint density at radius 3 is 1.80 bits per heavy atom. The topological polar surface area (TPSA) is 55.8 Å². The van der Waals surface area contributed by atoms with Gasteiger partial charge in [-0.15, -0.1) is 0 Å². The zero-order valence-electron chi connectivity index (χ0n) is 16.2. The fourth-order valence-electron chi connectivity index (χ4n) is 8.05. The summed E-state index contributed by atoms with van der Waals surface area (Å²) in [5.74, 6) is 0.